The van der Waals surface area contributed by atoms with Crippen LogP contribution in [0.2, 0.25) is 0 Å². The Morgan fingerprint density at radius 1 is 1.42 bits per heavy atom. The average Bonchev–Trinajstić information content (AvgIpc) is 2.40. The molecule has 2 unspecified atom stereocenters. The van der Waals surface area contributed by atoms with E-state index in [1.165, 1.54) is 0 Å². The Balaban J connectivity index is 2.43. The van der Waals surface area contributed by atoms with Crippen LogP contribution in [0, 0.1) is 0 Å². The van der Waals surface area contributed by atoms with Gasteiger partial charge in [0.25, 0.3) is 0 Å². The fourth-order valence-corrected chi connectivity index (χ4v) is 2.46. The fourth-order valence-electron chi connectivity index (χ4n) is 2.46. The molecule has 6 heteroatoms. The number of nitrogens with one attached hydrogen (secondary N) is 1. The molecular formula is C13H23N5O. The van der Waals surface area contributed by atoms with Crippen molar-refractivity contribution in [1.29, 1.82) is 0 Å². The number of ether oxygens (including phenoxy) is 1. The first-order valence-corrected chi connectivity index (χ1v) is 6.74. The molecule has 106 valence electrons. The number of hydrogen-bond acceptors (Lipinski definition) is 6. The highest BCUT2D eigenvalue weighted by molar-refractivity contribution is 5.60. The lowest BCUT2D eigenvalue weighted by Gasteiger charge is -2.39. The molecule has 1 fully saturated rings. The number of morpholine rings is 1. The Hall–Kier alpha value is -1.40. The van der Waals surface area contributed by atoms with Crippen LogP contribution >= 0.6 is 0 Å². The molecular weight excluding hydrogens is 242 g/mol. The van der Waals surface area contributed by atoms with E-state index in [-0.39, 0.29) is 6.10 Å². The van der Waals surface area contributed by atoms with E-state index in [4.69, 9.17) is 10.6 Å². The van der Waals surface area contributed by atoms with Crippen molar-refractivity contribution in [3.05, 3.63) is 11.9 Å². The summed E-state index contributed by atoms with van der Waals surface area (Å²) < 4.78 is 5.67. The predicted octanol–water partition coefficient (Wildman–Crippen LogP) is 1.50. The molecule has 1 aromatic heterocycles. The van der Waals surface area contributed by atoms with Crippen LogP contribution in [0.3, 0.4) is 0 Å². The Morgan fingerprint density at radius 3 is 2.79 bits per heavy atom. The Labute approximate surface area is 114 Å². The molecule has 19 heavy (non-hydrogen) atoms. The minimum Gasteiger partial charge on any atom is -0.375 e. The highest BCUT2D eigenvalue weighted by Crippen LogP contribution is 2.32. The van der Waals surface area contributed by atoms with Gasteiger partial charge in [0.2, 0.25) is 0 Å². The van der Waals surface area contributed by atoms with Gasteiger partial charge < -0.3 is 15.1 Å². The Kier molecular flexibility index (Phi) is 4.21. The first-order chi connectivity index (χ1) is 9.04. The van der Waals surface area contributed by atoms with Crippen molar-refractivity contribution in [2.75, 3.05) is 23.5 Å². The van der Waals surface area contributed by atoms with Crippen molar-refractivity contribution in [1.82, 2.24) is 9.97 Å². The van der Waals surface area contributed by atoms with Crippen LogP contribution in [-0.4, -0.2) is 35.3 Å². The van der Waals surface area contributed by atoms with Crippen molar-refractivity contribution in [2.45, 2.75) is 45.8 Å². The van der Waals surface area contributed by atoms with Gasteiger partial charge in [-0.15, -0.1) is 0 Å². The molecule has 0 saturated carbocycles. The van der Waals surface area contributed by atoms with Crippen molar-refractivity contribution in [2.24, 2.45) is 5.84 Å². The predicted molar refractivity (Wildman–Crippen MR) is 76.2 cm³/mol. The molecule has 3 N–H and O–H groups in total. The summed E-state index contributed by atoms with van der Waals surface area (Å²) in [5, 5.41) is 0. The largest absolute Gasteiger partial charge is 0.375 e. The number of anilines is 2. The van der Waals surface area contributed by atoms with Gasteiger partial charge in [-0.05, 0) is 19.8 Å². The summed E-state index contributed by atoms with van der Waals surface area (Å²) in [4.78, 5) is 11.0. The van der Waals surface area contributed by atoms with E-state index in [0.29, 0.717) is 24.4 Å². The SMILES string of the molecule is CC1CN(c2ncnc(NN)c2C(C)C)C(C)CO1. The van der Waals surface area contributed by atoms with Gasteiger partial charge in [0, 0.05) is 12.1 Å². The minimum absolute atomic E-state index is 0.209. The maximum Gasteiger partial charge on any atom is 0.148 e. The lowest BCUT2D eigenvalue weighted by atomic mass is 10.0. The third-order valence-corrected chi connectivity index (χ3v) is 3.46. The summed E-state index contributed by atoms with van der Waals surface area (Å²) in [6.45, 7) is 10.0. The first-order valence-electron chi connectivity index (χ1n) is 6.74. The molecule has 2 atom stereocenters. The van der Waals surface area contributed by atoms with E-state index in [9.17, 15) is 0 Å². The second-order valence-corrected chi connectivity index (χ2v) is 5.40. The van der Waals surface area contributed by atoms with Crippen LogP contribution in [0.4, 0.5) is 11.6 Å². The summed E-state index contributed by atoms with van der Waals surface area (Å²) in [6.07, 6.45) is 1.77. The molecule has 2 rings (SSSR count). The summed E-state index contributed by atoms with van der Waals surface area (Å²) in [5.41, 5.74) is 3.73. The second-order valence-electron chi connectivity index (χ2n) is 5.40. The maximum absolute atomic E-state index is 5.67. The Morgan fingerprint density at radius 2 is 2.16 bits per heavy atom. The molecule has 0 amide bonds. The molecule has 2 heterocycles. The van der Waals surface area contributed by atoms with E-state index in [2.05, 4.69) is 48.0 Å². The zero-order valence-electron chi connectivity index (χ0n) is 12.1. The van der Waals surface area contributed by atoms with Gasteiger partial charge in [-0.25, -0.2) is 15.8 Å². The Bertz CT molecular complexity index is 437. The number of nitrogens with zero attached hydrogens (tertiary/aromatic N) is 3. The average molecular weight is 265 g/mol. The third kappa shape index (κ3) is 2.79. The van der Waals surface area contributed by atoms with Gasteiger partial charge >= 0.3 is 0 Å². The summed E-state index contributed by atoms with van der Waals surface area (Å²) in [6, 6.07) is 0.300. The van der Waals surface area contributed by atoms with Gasteiger partial charge in [-0.3, -0.25) is 0 Å². The summed E-state index contributed by atoms with van der Waals surface area (Å²) in [7, 11) is 0. The highest BCUT2D eigenvalue weighted by atomic mass is 16.5. The third-order valence-electron chi connectivity index (χ3n) is 3.46. The van der Waals surface area contributed by atoms with Crippen molar-refractivity contribution in [3.63, 3.8) is 0 Å². The molecule has 0 spiro atoms. The van der Waals surface area contributed by atoms with Gasteiger partial charge in [-0.2, -0.15) is 0 Å². The molecule has 0 aromatic carbocycles. The molecule has 1 aliphatic rings. The van der Waals surface area contributed by atoms with Gasteiger partial charge in [0.1, 0.15) is 18.0 Å². The number of nitrogen functional groups attached to an aromatic ring is 1. The van der Waals surface area contributed by atoms with E-state index >= 15 is 0 Å². The molecule has 1 saturated heterocycles. The smallest absolute Gasteiger partial charge is 0.148 e. The van der Waals surface area contributed by atoms with Gasteiger partial charge in [0.15, 0.2) is 0 Å². The van der Waals surface area contributed by atoms with E-state index in [1.807, 2.05) is 0 Å². The zero-order valence-corrected chi connectivity index (χ0v) is 12.1. The monoisotopic (exact) mass is 265 g/mol. The fraction of sp³-hybridized carbons (Fsp3) is 0.692. The van der Waals surface area contributed by atoms with Crippen molar-refractivity contribution >= 4 is 11.6 Å². The standard InChI is InChI=1S/C13H23N5O/c1-8(2)11-12(17-14)15-7-16-13(11)18-5-10(4)19-6-9(18)3/h7-10H,5-6,14H2,1-4H3,(H,15,16,17). The normalized spacial score (nSPS) is 23.8. The molecule has 1 aromatic rings. The quantitative estimate of drug-likeness (QED) is 0.637. The van der Waals surface area contributed by atoms with Crippen LogP contribution in [0.15, 0.2) is 6.33 Å². The van der Waals surface area contributed by atoms with Crippen LogP contribution in [0.5, 0.6) is 0 Å². The maximum atomic E-state index is 5.67. The molecule has 6 nitrogen and oxygen atoms in total. The van der Waals surface area contributed by atoms with Crippen molar-refractivity contribution in [3.8, 4) is 0 Å². The molecule has 0 radical (unpaired) electrons. The number of aromatic nitrogens is 2. The number of rotatable bonds is 3. The van der Waals surface area contributed by atoms with E-state index in [1.54, 1.807) is 6.33 Å². The highest BCUT2D eigenvalue weighted by Gasteiger charge is 2.28. The first kappa shape index (κ1) is 14.0. The molecule has 1 aliphatic heterocycles. The van der Waals surface area contributed by atoms with Crippen LogP contribution in [-0.2, 0) is 4.74 Å². The zero-order chi connectivity index (χ0) is 14.0. The van der Waals surface area contributed by atoms with E-state index in [0.717, 1.165) is 17.9 Å². The van der Waals surface area contributed by atoms with Crippen LogP contribution in [0.25, 0.3) is 0 Å². The van der Waals surface area contributed by atoms with E-state index < -0.39 is 0 Å². The van der Waals surface area contributed by atoms with Crippen molar-refractivity contribution < 1.29 is 4.74 Å². The van der Waals surface area contributed by atoms with Crippen LogP contribution < -0.4 is 16.2 Å². The minimum atomic E-state index is 0.209. The van der Waals surface area contributed by atoms with Gasteiger partial charge in [-0.1, -0.05) is 13.8 Å². The molecule has 0 aliphatic carbocycles. The topological polar surface area (TPSA) is 76.3 Å². The molecule has 0 bridgehead atoms. The lowest BCUT2D eigenvalue weighted by molar-refractivity contribution is 0.0339. The number of hydrazine groups is 1. The summed E-state index contributed by atoms with van der Waals surface area (Å²) >= 11 is 0. The number of nitrogens with two attached hydrogens (primary N) is 1. The van der Waals surface area contributed by atoms with Crippen LogP contribution in [0.1, 0.15) is 39.2 Å². The van der Waals surface area contributed by atoms with Gasteiger partial charge in [0.05, 0.1) is 18.8 Å². The second kappa shape index (κ2) is 5.71. The summed E-state index contributed by atoms with van der Waals surface area (Å²) in [5.74, 6) is 7.52. The number of hydrogen-bond donors (Lipinski definition) is 2. The lowest BCUT2D eigenvalue weighted by Crippen LogP contribution is -2.48.